The van der Waals surface area contributed by atoms with Crippen LogP contribution in [0.3, 0.4) is 0 Å². The number of nitrogens with one attached hydrogen (secondary N) is 1. The molecule has 0 unspecified atom stereocenters. The van der Waals surface area contributed by atoms with E-state index in [1.807, 2.05) is 24.3 Å². The average molecular weight is 450 g/mol. The van der Waals surface area contributed by atoms with E-state index in [4.69, 9.17) is 8.83 Å². The summed E-state index contributed by atoms with van der Waals surface area (Å²) in [6.07, 6.45) is 3.06. The zero-order valence-corrected chi connectivity index (χ0v) is 17.6. The molecular formula is C22H18N4O5S. The molecule has 0 saturated carbocycles. The molecule has 1 amide bonds. The number of benzene rings is 2. The van der Waals surface area contributed by atoms with E-state index in [9.17, 15) is 13.2 Å². The van der Waals surface area contributed by atoms with Gasteiger partial charge in [0.1, 0.15) is 0 Å². The maximum absolute atomic E-state index is 13.2. The monoisotopic (exact) mass is 450 g/mol. The number of carbonyl (C=O) groups excluding carboxylic acids is 1. The molecule has 2 aromatic carbocycles. The Morgan fingerprint density at radius 3 is 2.59 bits per heavy atom. The van der Waals surface area contributed by atoms with E-state index < -0.39 is 15.9 Å². The molecule has 1 aliphatic heterocycles. The number of para-hydroxylation sites is 1. The second-order valence-corrected chi connectivity index (χ2v) is 9.04. The minimum absolute atomic E-state index is 0.0944. The summed E-state index contributed by atoms with van der Waals surface area (Å²) in [5.41, 5.74) is 1.96. The molecule has 1 aliphatic rings. The Hall–Kier alpha value is -3.92. The molecule has 0 aliphatic carbocycles. The lowest BCUT2D eigenvalue weighted by Crippen LogP contribution is -2.35. The van der Waals surface area contributed by atoms with Gasteiger partial charge in [-0.1, -0.05) is 23.3 Å². The quantitative estimate of drug-likeness (QED) is 0.492. The van der Waals surface area contributed by atoms with Crippen molar-refractivity contribution in [3.63, 3.8) is 0 Å². The van der Waals surface area contributed by atoms with Crippen molar-refractivity contribution in [3.8, 4) is 11.7 Å². The zero-order valence-electron chi connectivity index (χ0n) is 16.8. The van der Waals surface area contributed by atoms with Crippen LogP contribution >= 0.6 is 0 Å². The number of hydrogen-bond acceptors (Lipinski definition) is 7. The molecule has 162 valence electrons. The van der Waals surface area contributed by atoms with Crippen molar-refractivity contribution in [2.24, 2.45) is 0 Å². The molecule has 10 heteroatoms. The third kappa shape index (κ3) is 3.65. The van der Waals surface area contributed by atoms with Crippen molar-refractivity contribution in [2.45, 2.75) is 17.7 Å². The molecule has 0 radical (unpaired) electrons. The summed E-state index contributed by atoms with van der Waals surface area (Å²) in [7, 11) is -3.75. The van der Waals surface area contributed by atoms with Gasteiger partial charge in [-0.05, 0) is 60.9 Å². The molecule has 4 aromatic rings. The number of amides is 1. The fraction of sp³-hybridized carbons (Fsp3) is 0.136. The Morgan fingerprint density at radius 2 is 1.81 bits per heavy atom. The molecule has 32 heavy (non-hydrogen) atoms. The van der Waals surface area contributed by atoms with E-state index in [-0.39, 0.29) is 22.4 Å². The molecular weight excluding hydrogens is 432 g/mol. The largest absolute Gasteiger partial charge is 0.459 e. The topological polar surface area (TPSA) is 119 Å². The number of nitrogens with zero attached hydrogens (tertiary/aromatic N) is 3. The van der Waals surface area contributed by atoms with E-state index in [0.29, 0.717) is 18.0 Å². The first-order chi connectivity index (χ1) is 15.5. The van der Waals surface area contributed by atoms with Gasteiger partial charge in [-0.15, -0.1) is 5.10 Å². The third-order valence-corrected chi connectivity index (χ3v) is 6.98. The van der Waals surface area contributed by atoms with Crippen molar-refractivity contribution in [1.82, 2.24) is 10.2 Å². The summed E-state index contributed by atoms with van der Waals surface area (Å²) in [4.78, 5) is 12.6. The lowest BCUT2D eigenvalue weighted by molar-refractivity contribution is 0.102. The van der Waals surface area contributed by atoms with Gasteiger partial charge < -0.3 is 8.83 Å². The molecule has 2 aromatic heterocycles. The van der Waals surface area contributed by atoms with Gasteiger partial charge in [0.05, 0.1) is 16.8 Å². The average Bonchev–Trinajstić information content (AvgIpc) is 3.51. The van der Waals surface area contributed by atoms with Crippen molar-refractivity contribution in [1.29, 1.82) is 0 Å². The highest BCUT2D eigenvalue weighted by Crippen LogP contribution is 2.31. The Kier molecular flexibility index (Phi) is 4.98. The number of hydrogen-bond donors (Lipinski definition) is 1. The predicted molar refractivity (Wildman–Crippen MR) is 116 cm³/mol. The normalized spacial score (nSPS) is 13.6. The van der Waals surface area contributed by atoms with Crippen LogP contribution in [0.4, 0.5) is 11.7 Å². The fourth-order valence-corrected chi connectivity index (χ4v) is 5.14. The van der Waals surface area contributed by atoms with E-state index in [2.05, 4.69) is 15.5 Å². The molecule has 0 fully saturated rings. The van der Waals surface area contributed by atoms with Gasteiger partial charge in [-0.25, -0.2) is 8.42 Å². The van der Waals surface area contributed by atoms with Crippen LogP contribution < -0.4 is 9.62 Å². The van der Waals surface area contributed by atoms with Crippen LogP contribution in [0.5, 0.6) is 0 Å². The van der Waals surface area contributed by atoms with Crippen LogP contribution in [-0.4, -0.2) is 31.1 Å². The number of aryl methyl sites for hydroxylation is 1. The number of fused-ring (bicyclic) bond motifs is 1. The van der Waals surface area contributed by atoms with Gasteiger partial charge in [0.15, 0.2) is 5.76 Å². The smallest absolute Gasteiger partial charge is 0.322 e. The molecule has 5 rings (SSSR count). The maximum Gasteiger partial charge on any atom is 0.322 e. The minimum atomic E-state index is -3.75. The predicted octanol–water partition coefficient (Wildman–Crippen LogP) is 3.72. The maximum atomic E-state index is 13.2. The van der Waals surface area contributed by atoms with Crippen molar-refractivity contribution < 1.29 is 22.0 Å². The highest BCUT2D eigenvalue weighted by atomic mass is 32.2. The van der Waals surface area contributed by atoms with E-state index in [0.717, 1.165) is 18.4 Å². The van der Waals surface area contributed by atoms with Crippen LogP contribution in [0.25, 0.3) is 11.7 Å². The summed E-state index contributed by atoms with van der Waals surface area (Å²) in [6, 6.07) is 16.5. The zero-order chi connectivity index (χ0) is 22.1. The second kappa shape index (κ2) is 7.97. The summed E-state index contributed by atoms with van der Waals surface area (Å²) >= 11 is 0. The molecule has 0 atom stereocenters. The number of anilines is 2. The Morgan fingerprint density at radius 1 is 1.00 bits per heavy atom. The first kappa shape index (κ1) is 20.0. The molecule has 0 bridgehead atoms. The van der Waals surface area contributed by atoms with E-state index in [1.54, 1.807) is 12.1 Å². The standard InChI is InChI=1S/C22H18N4O5S/c27-20(23-22-25-24-21(31-22)19-8-4-14-30-19)16-9-11-17(12-10-16)32(28,29)26-13-3-6-15-5-1-2-7-18(15)26/h1-2,4-5,7-12,14H,3,6,13H2,(H,23,25,27). The molecule has 3 heterocycles. The highest BCUT2D eigenvalue weighted by molar-refractivity contribution is 7.92. The first-order valence-corrected chi connectivity index (χ1v) is 11.4. The van der Waals surface area contributed by atoms with Gasteiger partial charge >= 0.3 is 6.01 Å². The van der Waals surface area contributed by atoms with Crippen LogP contribution in [0, 0.1) is 0 Å². The number of aromatic nitrogens is 2. The second-order valence-electron chi connectivity index (χ2n) is 7.18. The number of furan rings is 1. The van der Waals surface area contributed by atoms with Gasteiger partial charge in [0.25, 0.3) is 21.8 Å². The first-order valence-electron chi connectivity index (χ1n) is 9.92. The van der Waals surface area contributed by atoms with Gasteiger partial charge in [-0.3, -0.25) is 14.4 Å². The third-order valence-electron chi connectivity index (χ3n) is 5.15. The minimum Gasteiger partial charge on any atom is -0.459 e. The van der Waals surface area contributed by atoms with Crippen LogP contribution in [0.1, 0.15) is 22.3 Å². The van der Waals surface area contributed by atoms with Gasteiger partial charge in [0.2, 0.25) is 0 Å². The van der Waals surface area contributed by atoms with E-state index in [1.165, 1.54) is 34.8 Å². The summed E-state index contributed by atoms with van der Waals surface area (Å²) in [5, 5.41) is 10.1. The van der Waals surface area contributed by atoms with Crippen molar-refractivity contribution in [3.05, 3.63) is 78.1 Å². The lowest BCUT2D eigenvalue weighted by atomic mass is 10.0. The number of rotatable bonds is 5. The van der Waals surface area contributed by atoms with Gasteiger partial charge in [0, 0.05) is 12.1 Å². The van der Waals surface area contributed by atoms with Crippen LogP contribution in [0.15, 0.2) is 80.7 Å². The van der Waals surface area contributed by atoms with Crippen LogP contribution in [-0.2, 0) is 16.4 Å². The summed E-state index contributed by atoms with van der Waals surface area (Å²) in [5.74, 6) is 0.00677. The summed E-state index contributed by atoms with van der Waals surface area (Å²) < 4.78 is 38.4. The van der Waals surface area contributed by atoms with Gasteiger partial charge in [-0.2, -0.15) is 0 Å². The molecule has 0 saturated heterocycles. The number of sulfonamides is 1. The lowest BCUT2D eigenvalue weighted by Gasteiger charge is -2.30. The Bertz CT molecular complexity index is 1360. The molecule has 0 spiro atoms. The van der Waals surface area contributed by atoms with Crippen molar-refractivity contribution in [2.75, 3.05) is 16.2 Å². The number of carbonyl (C=O) groups is 1. The molecule has 1 N–H and O–H groups in total. The SMILES string of the molecule is O=C(Nc1nnc(-c2ccco2)o1)c1ccc(S(=O)(=O)N2CCCc3ccccc32)cc1. The van der Waals surface area contributed by atoms with Crippen molar-refractivity contribution >= 4 is 27.6 Å². The van der Waals surface area contributed by atoms with E-state index >= 15 is 0 Å². The highest BCUT2D eigenvalue weighted by Gasteiger charge is 2.29. The fourth-order valence-electron chi connectivity index (χ4n) is 3.60. The molecule has 9 nitrogen and oxygen atoms in total. The summed E-state index contributed by atoms with van der Waals surface area (Å²) in [6.45, 7) is 0.413. The Labute approximate surface area is 183 Å². The Balaban J connectivity index is 1.33. The van der Waals surface area contributed by atoms with Crippen LogP contribution in [0.2, 0.25) is 0 Å².